The van der Waals surface area contributed by atoms with Crippen LogP contribution < -0.4 is 0 Å². The SMILES string of the molecule is O=C(O)[C@H]1O[C@H]2O[C@H]1[C@@H](Cc1ccccc1)N(Cc1ccccc1)C2=O. The number of fused-ring (bicyclic) bond motifs is 2. The van der Waals surface area contributed by atoms with Crippen molar-refractivity contribution in [1.82, 2.24) is 4.90 Å². The van der Waals surface area contributed by atoms with Crippen LogP contribution in [0.5, 0.6) is 0 Å². The Kier molecular flexibility index (Phi) is 4.44. The number of hydrogen-bond donors (Lipinski definition) is 1. The van der Waals surface area contributed by atoms with Gasteiger partial charge in [0.25, 0.3) is 5.91 Å². The Morgan fingerprint density at radius 2 is 1.58 bits per heavy atom. The lowest BCUT2D eigenvalue weighted by Crippen LogP contribution is -2.57. The van der Waals surface area contributed by atoms with Crippen molar-refractivity contribution >= 4 is 11.9 Å². The fourth-order valence-corrected chi connectivity index (χ4v) is 3.60. The van der Waals surface area contributed by atoms with Gasteiger partial charge in [-0.2, -0.15) is 0 Å². The average molecular weight is 353 g/mol. The topological polar surface area (TPSA) is 76.1 Å². The number of carbonyl (C=O) groups is 2. The Hall–Kier alpha value is -2.70. The molecule has 4 atom stereocenters. The molecule has 0 aliphatic carbocycles. The summed E-state index contributed by atoms with van der Waals surface area (Å²) in [5, 5.41) is 9.47. The highest BCUT2D eigenvalue weighted by atomic mass is 16.7. The van der Waals surface area contributed by atoms with Crippen LogP contribution in [-0.4, -0.2) is 46.4 Å². The molecule has 1 amide bonds. The molecule has 0 radical (unpaired) electrons. The summed E-state index contributed by atoms with van der Waals surface area (Å²) in [6, 6.07) is 18.9. The second kappa shape index (κ2) is 6.90. The predicted molar refractivity (Wildman–Crippen MR) is 92.1 cm³/mol. The number of hydrogen-bond acceptors (Lipinski definition) is 4. The number of carboxylic acids is 1. The zero-order valence-electron chi connectivity index (χ0n) is 14.0. The van der Waals surface area contributed by atoms with Crippen LogP contribution in [0.4, 0.5) is 0 Å². The summed E-state index contributed by atoms with van der Waals surface area (Å²) >= 11 is 0. The van der Waals surface area contributed by atoms with E-state index in [1.54, 1.807) is 4.90 Å². The molecule has 0 aromatic heterocycles. The summed E-state index contributed by atoms with van der Waals surface area (Å²) in [5.41, 5.74) is 1.99. The molecule has 2 bridgehead atoms. The molecule has 2 aromatic rings. The van der Waals surface area contributed by atoms with E-state index in [2.05, 4.69) is 0 Å². The van der Waals surface area contributed by atoms with Crippen LogP contribution in [0.15, 0.2) is 60.7 Å². The van der Waals surface area contributed by atoms with Gasteiger partial charge in [-0.1, -0.05) is 60.7 Å². The van der Waals surface area contributed by atoms with Crippen molar-refractivity contribution in [2.24, 2.45) is 0 Å². The number of carbonyl (C=O) groups excluding carboxylic acids is 1. The van der Waals surface area contributed by atoms with Crippen molar-refractivity contribution in [3.8, 4) is 0 Å². The number of carboxylic acid groups (broad SMARTS) is 1. The molecule has 1 N–H and O–H groups in total. The van der Waals surface area contributed by atoms with Gasteiger partial charge in [0.05, 0.1) is 6.04 Å². The lowest BCUT2D eigenvalue weighted by Gasteiger charge is -2.39. The molecule has 2 heterocycles. The highest BCUT2D eigenvalue weighted by Crippen LogP contribution is 2.34. The summed E-state index contributed by atoms with van der Waals surface area (Å²) in [6.45, 7) is 0.392. The van der Waals surface area contributed by atoms with Gasteiger partial charge < -0.3 is 19.5 Å². The average Bonchev–Trinajstić information content (AvgIpc) is 3.07. The molecule has 2 saturated heterocycles. The second-order valence-corrected chi connectivity index (χ2v) is 6.54. The first-order valence-electron chi connectivity index (χ1n) is 8.55. The van der Waals surface area contributed by atoms with Crippen LogP contribution in [0, 0.1) is 0 Å². The quantitative estimate of drug-likeness (QED) is 0.888. The molecular weight excluding hydrogens is 334 g/mol. The van der Waals surface area contributed by atoms with Gasteiger partial charge in [-0.25, -0.2) is 4.79 Å². The predicted octanol–water partition coefficient (Wildman–Crippen LogP) is 1.83. The number of benzene rings is 2. The van der Waals surface area contributed by atoms with Crippen molar-refractivity contribution in [3.63, 3.8) is 0 Å². The van der Waals surface area contributed by atoms with E-state index in [0.717, 1.165) is 11.1 Å². The van der Waals surface area contributed by atoms with Gasteiger partial charge in [0.1, 0.15) is 6.10 Å². The molecule has 2 fully saturated rings. The lowest BCUT2D eigenvalue weighted by molar-refractivity contribution is -0.179. The third-order valence-corrected chi connectivity index (χ3v) is 4.84. The van der Waals surface area contributed by atoms with Gasteiger partial charge in [-0.3, -0.25) is 4.79 Å². The first-order chi connectivity index (χ1) is 12.6. The maximum atomic E-state index is 12.8. The van der Waals surface area contributed by atoms with Gasteiger partial charge in [-0.05, 0) is 17.5 Å². The van der Waals surface area contributed by atoms with Gasteiger partial charge in [0.2, 0.25) is 6.29 Å². The van der Waals surface area contributed by atoms with Crippen molar-refractivity contribution in [2.45, 2.75) is 37.5 Å². The summed E-state index contributed by atoms with van der Waals surface area (Å²) in [6.07, 6.45) is -2.47. The molecule has 134 valence electrons. The number of ether oxygens (including phenoxy) is 2. The van der Waals surface area contributed by atoms with E-state index in [4.69, 9.17) is 9.47 Å². The fourth-order valence-electron chi connectivity index (χ4n) is 3.60. The van der Waals surface area contributed by atoms with Crippen molar-refractivity contribution in [3.05, 3.63) is 71.8 Å². The number of nitrogens with zero attached hydrogens (tertiary/aromatic N) is 1. The van der Waals surface area contributed by atoms with E-state index >= 15 is 0 Å². The minimum atomic E-state index is -1.14. The zero-order valence-corrected chi connectivity index (χ0v) is 14.0. The molecule has 6 heteroatoms. The van der Waals surface area contributed by atoms with Crippen molar-refractivity contribution < 1.29 is 24.2 Å². The van der Waals surface area contributed by atoms with Gasteiger partial charge in [0, 0.05) is 6.54 Å². The maximum Gasteiger partial charge on any atom is 0.335 e. The van der Waals surface area contributed by atoms with Crippen molar-refractivity contribution in [1.29, 1.82) is 0 Å². The number of morpholine rings is 1. The van der Waals surface area contributed by atoms with Crippen LogP contribution in [0.1, 0.15) is 11.1 Å². The second-order valence-electron chi connectivity index (χ2n) is 6.54. The Morgan fingerprint density at radius 3 is 2.19 bits per heavy atom. The van der Waals surface area contributed by atoms with Crippen LogP contribution >= 0.6 is 0 Å². The Bertz CT molecular complexity index is 794. The zero-order chi connectivity index (χ0) is 18.1. The highest BCUT2D eigenvalue weighted by Gasteiger charge is 2.55. The molecule has 0 unspecified atom stereocenters. The molecular formula is C20H19NO5. The third kappa shape index (κ3) is 3.09. The van der Waals surface area contributed by atoms with E-state index in [1.807, 2.05) is 60.7 Å². The van der Waals surface area contributed by atoms with Crippen LogP contribution in [0.2, 0.25) is 0 Å². The first-order valence-corrected chi connectivity index (χ1v) is 8.55. The number of aliphatic carboxylic acids is 1. The molecule has 0 spiro atoms. The Labute approximate surface area is 151 Å². The smallest absolute Gasteiger partial charge is 0.335 e. The minimum absolute atomic E-state index is 0.324. The van der Waals surface area contributed by atoms with Gasteiger partial charge >= 0.3 is 5.97 Å². The number of amides is 1. The van der Waals surface area contributed by atoms with E-state index in [0.29, 0.717) is 13.0 Å². The molecule has 2 aliphatic rings. The largest absolute Gasteiger partial charge is 0.479 e. The first kappa shape index (κ1) is 16.8. The lowest BCUT2D eigenvalue weighted by atomic mass is 9.95. The van der Waals surface area contributed by atoms with Gasteiger partial charge in [-0.15, -0.1) is 0 Å². The highest BCUT2D eigenvalue weighted by molar-refractivity contribution is 5.84. The summed E-state index contributed by atoms with van der Waals surface area (Å²) in [5.74, 6) is -1.43. The minimum Gasteiger partial charge on any atom is -0.479 e. The molecule has 6 nitrogen and oxygen atoms in total. The third-order valence-electron chi connectivity index (χ3n) is 4.84. The fraction of sp³-hybridized carbons (Fsp3) is 0.300. The maximum absolute atomic E-state index is 12.8. The number of rotatable bonds is 5. The van der Waals surface area contributed by atoms with Crippen molar-refractivity contribution in [2.75, 3.05) is 0 Å². The van der Waals surface area contributed by atoms with Crippen LogP contribution in [-0.2, 0) is 32.0 Å². The normalized spacial score (nSPS) is 27.5. The van der Waals surface area contributed by atoms with E-state index in [-0.39, 0.29) is 5.91 Å². The van der Waals surface area contributed by atoms with Crippen LogP contribution in [0.25, 0.3) is 0 Å². The van der Waals surface area contributed by atoms with Gasteiger partial charge in [0.15, 0.2) is 6.10 Å². The Morgan fingerprint density at radius 1 is 0.962 bits per heavy atom. The summed E-state index contributed by atoms with van der Waals surface area (Å²) < 4.78 is 11.0. The van der Waals surface area contributed by atoms with E-state index in [1.165, 1.54) is 0 Å². The molecule has 4 rings (SSSR count). The summed E-state index contributed by atoms with van der Waals surface area (Å²) in [4.78, 5) is 26.1. The molecule has 2 aliphatic heterocycles. The molecule has 0 saturated carbocycles. The monoisotopic (exact) mass is 353 g/mol. The standard InChI is InChI=1S/C20H19NO5/c22-18-20-25-16(17(26-20)19(23)24)15(11-13-7-3-1-4-8-13)21(18)12-14-9-5-2-6-10-14/h1-10,15-17,20H,11-12H2,(H,23,24)/t15-,16+,17+,20-/m1/s1. The van der Waals surface area contributed by atoms with Crippen LogP contribution in [0.3, 0.4) is 0 Å². The molecule has 2 aromatic carbocycles. The Balaban J connectivity index is 1.67. The van der Waals surface area contributed by atoms with E-state index in [9.17, 15) is 14.7 Å². The van der Waals surface area contributed by atoms with E-state index < -0.39 is 30.5 Å². The molecule has 26 heavy (non-hydrogen) atoms. The summed E-state index contributed by atoms with van der Waals surface area (Å²) in [7, 11) is 0.